The van der Waals surface area contributed by atoms with Crippen molar-refractivity contribution in [3.8, 4) is 5.75 Å². The van der Waals surface area contributed by atoms with Crippen LogP contribution in [0.1, 0.15) is 18.7 Å². The molecule has 0 radical (unpaired) electrons. The van der Waals surface area contributed by atoms with Gasteiger partial charge in [0.05, 0.1) is 18.9 Å². The molecule has 0 spiro atoms. The molecular formula is C17H19N5O2. The van der Waals surface area contributed by atoms with Crippen molar-refractivity contribution in [3.05, 3.63) is 48.3 Å². The van der Waals surface area contributed by atoms with E-state index in [0.29, 0.717) is 24.9 Å². The fraction of sp³-hybridized carbons (Fsp3) is 0.353. The molecule has 0 aliphatic carbocycles. The molecule has 1 atom stereocenters. The summed E-state index contributed by atoms with van der Waals surface area (Å²) in [7, 11) is 0. The zero-order chi connectivity index (χ0) is 16.4. The van der Waals surface area contributed by atoms with E-state index < -0.39 is 0 Å². The van der Waals surface area contributed by atoms with Gasteiger partial charge >= 0.3 is 0 Å². The largest absolute Gasteiger partial charge is 0.484 e. The molecule has 4 rings (SSSR count). The van der Waals surface area contributed by atoms with Gasteiger partial charge in [0.1, 0.15) is 11.9 Å². The van der Waals surface area contributed by atoms with Crippen molar-refractivity contribution in [1.82, 2.24) is 19.6 Å². The van der Waals surface area contributed by atoms with Crippen molar-refractivity contribution in [2.45, 2.75) is 13.0 Å². The molecule has 3 heterocycles. The first-order chi connectivity index (χ1) is 11.8. The zero-order valence-electron chi connectivity index (χ0n) is 13.5. The van der Waals surface area contributed by atoms with Gasteiger partial charge in [-0.3, -0.25) is 0 Å². The van der Waals surface area contributed by atoms with Crippen LogP contribution in [0, 0.1) is 0 Å². The third-order valence-electron chi connectivity index (χ3n) is 4.03. The second-order valence-electron chi connectivity index (χ2n) is 5.67. The van der Waals surface area contributed by atoms with Crippen LogP contribution in [0.25, 0.3) is 5.78 Å². The lowest BCUT2D eigenvalue weighted by molar-refractivity contribution is 0.122. The van der Waals surface area contributed by atoms with Gasteiger partial charge in [-0.05, 0) is 25.1 Å². The summed E-state index contributed by atoms with van der Waals surface area (Å²) in [5.41, 5.74) is 0.913. The number of benzene rings is 1. The lowest BCUT2D eigenvalue weighted by atomic mass is 10.2. The van der Waals surface area contributed by atoms with Crippen molar-refractivity contribution in [1.29, 1.82) is 0 Å². The van der Waals surface area contributed by atoms with E-state index in [1.807, 2.05) is 43.3 Å². The first-order valence-electron chi connectivity index (χ1n) is 8.07. The number of aromatic nitrogens is 4. The Morgan fingerprint density at radius 1 is 1.12 bits per heavy atom. The Balaban J connectivity index is 1.64. The molecule has 7 nitrogen and oxygen atoms in total. The van der Waals surface area contributed by atoms with Gasteiger partial charge in [0.2, 0.25) is 5.95 Å². The summed E-state index contributed by atoms with van der Waals surface area (Å²) in [6, 6.07) is 11.7. The molecule has 0 unspecified atom stereocenters. The van der Waals surface area contributed by atoms with E-state index >= 15 is 0 Å². The average Bonchev–Trinajstić information content (AvgIpc) is 3.07. The fourth-order valence-electron chi connectivity index (χ4n) is 2.77. The van der Waals surface area contributed by atoms with E-state index in [1.165, 1.54) is 0 Å². The SMILES string of the molecule is C[C@@H](Oc1ccccc1)c1ccnc2nc(N3CCOCC3)nn12. The first kappa shape index (κ1) is 14.9. The molecule has 0 saturated carbocycles. The van der Waals surface area contributed by atoms with Gasteiger partial charge in [0.15, 0.2) is 0 Å². The number of hydrogen-bond donors (Lipinski definition) is 0. The van der Waals surface area contributed by atoms with Gasteiger partial charge in [-0.25, -0.2) is 4.98 Å². The van der Waals surface area contributed by atoms with Crippen LogP contribution in [0.15, 0.2) is 42.6 Å². The molecule has 0 amide bonds. The van der Waals surface area contributed by atoms with Gasteiger partial charge in [0.25, 0.3) is 5.78 Å². The highest BCUT2D eigenvalue weighted by atomic mass is 16.5. The van der Waals surface area contributed by atoms with Crippen molar-refractivity contribution >= 4 is 11.7 Å². The number of nitrogens with zero attached hydrogens (tertiary/aromatic N) is 5. The fourth-order valence-corrected chi connectivity index (χ4v) is 2.77. The summed E-state index contributed by atoms with van der Waals surface area (Å²) in [4.78, 5) is 11.0. The zero-order valence-corrected chi connectivity index (χ0v) is 13.5. The maximum Gasteiger partial charge on any atom is 0.254 e. The van der Waals surface area contributed by atoms with Crippen molar-refractivity contribution < 1.29 is 9.47 Å². The third kappa shape index (κ3) is 2.90. The molecule has 1 aliphatic heterocycles. The van der Waals surface area contributed by atoms with Crippen LogP contribution in [0.5, 0.6) is 5.75 Å². The Bertz CT molecular complexity index is 814. The Labute approximate surface area is 139 Å². The van der Waals surface area contributed by atoms with Crippen molar-refractivity contribution in [2.24, 2.45) is 0 Å². The van der Waals surface area contributed by atoms with Gasteiger partial charge in [-0.2, -0.15) is 9.50 Å². The number of morpholine rings is 1. The summed E-state index contributed by atoms with van der Waals surface area (Å²) in [5, 5.41) is 4.63. The number of anilines is 1. The van der Waals surface area contributed by atoms with E-state index in [4.69, 9.17) is 9.47 Å². The number of hydrogen-bond acceptors (Lipinski definition) is 6. The Kier molecular flexibility index (Phi) is 4.00. The highest BCUT2D eigenvalue weighted by Gasteiger charge is 2.19. The Hall–Kier alpha value is -2.67. The molecule has 24 heavy (non-hydrogen) atoms. The molecule has 7 heteroatoms. The second-order valence-corrected chi connectivity index (χ2v) is 5.67. The van der Waals surface area contributed by atoms with Crippen LogP contribution < -0.4 is 9.64 Å². The third-order valence-corrected chi connectivity index (χ3v) is 4.03. The van der Waals surface area contributed by atoms with Crippen molar-refractivity contribution in [3.63, 3.8) is 0 Å². The van der Waals surface area contributed by atoms with Gasteiger partial charge in [0, 0.05) is 19.3 Å². The van der Waals surface area contributed by atoms with Crippen LogP contribution in [0.2, 0.25) is 0 Å². The quantitative estimate of drug-likeness (QED) is 0.732. The van der Waals surface area contributed by atoms with Crippen LogP contribution >= 0.6 is 0 Å². The van der Waals surface area contributed by atoms with E-state index in [9.17, 15) is 0 Å². The topological polar surface area (TPSA) is 64.8 Å². The summed E-state index contributed by atoms with van der Waals surface area (Å²) in [6.07, 6.45) is 1.57. The highest BCUT2D eigenvalue weighted by molar-refractivity contribution is 5.40. The number of fused-ring (bicyclic) bond motifs is 1. The van der Waals surface area contributed by atoms with Crippen molar-refractivity contribution in [2.75, 3.05) is 31.2 Å². The van der Waals surface area contributed by atoms with Crippen LogP contribution in [0.3, 0.4) is 0 Å². The second kappa shape index (κ2) is 6.45. The minimum atomic E-state index is -0.169. The lowest BCUT2D eigenvalue weighted by Crippen LogP contribution is -2.36. The Morgan fingerprint density at radius 2 is 1.92 bits per heavy atom. The molecule has 1 aliphatic rings. The van der Waals surface area contributed by atoms with E-state index in [-0.39, 0.29) is 6.10 Å². The van der Waals surface area contributed by atoms with Crippen LogP contribution in [0.4, 0.5) is 5.95 Å². The summed E-state index contributed by atoms with van der Waals surface area (Å²) in [5.74, 6) is 2.09. The minimum absolute atomic E-state index is 0.169. The molecule has 0 N–H and O–H groups in total. The predicted molar refractivity (Wildman–Crippen MR) is 89.3 cm³/mol. The number of ether oxygens (including phenoxy) is 2. The normalized spacial score (nSPS) is 16.3. The minimum Gasteiger partial charge on any atom is -0.484 e. The van der Waals surface area contributed by atoms with E-state index in [0.717, 1.165) is 24.5 Å². The molecule has 0 bridgehead atoms. The van der Waals surface area contributed by atoms with Crippen LogP contribution in [-0.4, -0.2) is 45.9 Å². The number of para-hydroxylation sites is 1. The molecule has 1 aromatic carbocycles. The molecule has 2 aromatic heterocycles. The predicted octanol–water partition coefficient (Wildman–Crippen LogP) is 2.10. The van der Waals surface area contributed by atoms with Gasteiger partial charge in [-0.1, -0.05) is 18.2 Å². The smallest absolute Gasteiger partial charge is 0.254 e. The first-order valence-corrected chi connectivity index (χ1v) is 8.07. The molecule has 3 aromatic rings. The van der Waals surface area contributed by atoms with Crippen LogP contribution in [-0.2, 0) is 4.74 Å². The summed E-state index contributed by atoms with van der Waals surface area (Å²) < 4.78 is 13.2. The highest BCUT2D eigenvalue weighted by Crippen LogP contribution is 2.22. The summed E-state index contributed by atoms with van der Waals surface area (Å²) >= 11 is 0. The molecule has 124 valence electrons. The maximum atomic E-state index is 6.01. The maximum absolute atomic E-state index is 6.01. The van der Waals surface area contributed by atoms with Gasteiger partial charge < -0.3 is 14.4 Å². The Morgan fingerprint density at radius 3 is 2.71 bits per heavy atom. The van der Waals surface area contributed by atoms with E-state index in [1.54, 1.807) is 10.7 Å². The standard InChI is InChI=1S/C17H19N5O2/c1-13(24-14-5-3-2-4-6-14)15-7-8-18-16-19-17(20-22(15)16)21-9-11-23-12-10-21/h2-8,13H,9-12H2,1H3/t13-/m1/s1. The van der Waals surface area contributed by atoms with E-state index in [2.05, 4.69) is 20.0 Å². The lowest BCUT2D eigenvalue weighted by Gasteiger charge is -2.25. The molecule has 1 saturated heterocycles. The monoisotopic (exact) mass is 325 g/mol. The molecular weight excluding hydrogens is 306 g/mol. The number of rotatable bonds is 4. The van der Waals surface area contributed by atoms with Gasteiger partial charge in [-0.15, -0.1) is 5.10 Å². The average molecular weight is 325 g/mol. The molecule has 1 fully saturated rings. The summed E-state index contributed by atoms with van der Waals surface area (Å²) in [6.45, 7) is 4.98.